The summed E-state index contributed by atoms with van der Waals surface area (Å²) in [5.74, 6) is -0.125. The van der Waals surface area contributed by atoms with E-state index in [1.807, 2.05) is 11.6 Å². The van der Waals surface area contributed by atoms with Gasteiger partial charge in [0, 0.05) is 0 Å². The number of hydrogen-bond acceptors (Lipinski definition) is 2. The van der Waals surface area contributed by atoms with Gasteiger partial charge in [0.05, 0.1) is 0 Å². The molecule has 1 unspecified atom stereocenters. The molecule has 1 fully saturated rings. The third-order valence-electron chi connectivity index (χ3n) is 6.86. The van der Waals surface area contributed by atoms with E-state index in [4.69, 9.17) is 9.84 Å². The van der Waals surface area contributed by atoms with E-state index in [1.165, 1.54) is 55.5 Å². The molecule has 2 heterocycles. The van der Waals surface area contributed by atoms with Crippen LogP contribution in [-0.4, -0.2) is 34.8 Å². The van der Waals surface area contributed by atoms with Crippen molar-refractivity contribution in [1.82, 2.24) is 9.78 Å². The summed E-state index contributed by atoms with van der Waals surface area (Å²) in [5.41, 5.74) is 1.71. The van der Waals surface area contributed by atoms with Gasteiger partial charge in [-0.1, -0.05) is 0 Å². The Kier molecular flexibility index (Phi) is 9.06. The van der Waals surface area contributed by atoms with Crippen molar-refractivity contribution in [3.05, 3.63) is 23.5 Å². The Bertz CT molecular complexity index is 791. The van der Waals surface area contributed by atoms with Crippen molar-refractivity contribution in [2.75, 3.05) is 6.61 Å². The van der Waals surface area contributed by atoms with E-state index in [1.54, 1.807) is 6.07 Å². The van der Waals surface area contributed by atoms with Gasteiger partial charge >= 0.3 is 187 Å². The molecule has 168 valence electrons. The SMILES string of the molecule is CCC[CH2][Sn]([CH2]CCC)([CH2]CCC)[c]1nn(C2CCCCO2)c2c(F)cc(C)cc12. The number of hydrogen-bond donors (Lipinski definition) is 0. The van der Waals surface area contributed by atoms with Crippen molar-refractivity contribution in [2.45, 2.75) is 105 Å². The Labute approximate surface area is 186 Å². The summed E-state index contributed by atoms with van der Waals surface area (Å²) in [5, 5.41) is 6.40. The number of rotatable bonds is 11. The zero-order valence-corrected chi connectivity index (χ0v) is 22.5. The van der Waals surface area contributed by atoms with Gasteiger partial charge in [-0.3, -0.25) is 0 Å². The van der Waals surface area contributed by atoms with Crippen LogP contribution in [0.25, 0.3) is 10.9 Å². The van der Waals surface area contributed by atoms with Crippen LogP contribution >= 0.6 is 0 Å². The molecule has 0 aliphatic carbocycles. The summed E-state index contributed by atoms with van der Waals surface area (Å²) in [6, 6.07) is 3.89. The first-order chi connectivity index (χ1) is 14.6. The van der Waals surface area contributed by atoms with E-state index >= 15 is 4.39 Å². The second-order valence-electron chi connectivity index (χ2n) is 9.35. The second kappa shape index (κ2) is 11.3. The van der Waals surface area contributed by atoms with Crippen LogP contribution in [0.5, 0.6) is 0 Å². The van der Waals surface area contributed by atoms with Crippen molar-refractivity contribution in [3.8, 4) is 0 Å². The molecular weight excluding hydrogens is 482 g/mol. The van der Waals surface area contributed by atoms with E-state index in [2.05, 4.69) is 26.8 Å². The summed E-state index contributed by atoms with van der Waals surface area (Å²) in [4.78, 5) is 0. The normalized spacial score (nSPS) is 17.7. The van der Waals surface area contributed by atoms with Crippen LogP contribution in [0.1, 0.15) is 90.3 Å². The van der Waals surface area contributed by atoms with Gasteiger partial charge in [-0.2, -0.15) is 0 Å². The van der Waals surface area contributed by atoms with E-state index in [-0.39, 0.29) is 12.0 Å². The van der Waals surface area contributed by atoms with Crippen LogP contribution in [0.3, 0.4) is 0 Å². The molecular formula is C25H41FN2OSn. The van der Waals surface area contributed by atoms with Crippen LogP contribution in [-0.2, 0) is 4.74 Å². The number of halogens is 1. The molecule has 3 rings (SSSR count). The fourth-order valence-electron chi connectivity index (χ4n) is 5.15. The quantitative estimate of drug-likeness (QED) is 0.291. The number of benzene rings is 1. The minimum atomic E-state index is -2.80. The molecule has 30 heavy (non-hydrogen) atoms. The monoisotopic (exact) mass is 524 g/mol. The third-order valence-corrected chi connectivity index (χ3v) is 22.0. The third kappa shape index (κ3) is 5.23. The van der Waals surface area contributed by atoms with Gasteiger partial charge in [0.1, 0.15) is 0 Å². The van der Waals surface area contributed by atoms with Gasteiger partial charge in [-0.15, -0.1) is 0 Å². The molecule has 1 aromatic heterocycles. The summed E-state index contributed by atoms with van der Waals surface area (Å²) in [6.45, 7) is 9.67. The molecule has 0 radical (unpaired) electrons. The van der Waals surface area contributed by atoms with Crippen molar-refractivity contribution >= 4 is 33.0 Å². The Morgan fingerprint density at radius 1 is 1.03 bits per heavy atom. The summed E-state index contributed by atoms with van der Waals surface area (Å²) < 4.78 is 28.7. The van der Waals surface area contributed by atoms with Crippen LogP contribution in [0.15, 0.2) is 12.1 Å². The van der Waals surface area contributed by atoms with Crippen LogP contribution in [0.4, 0.5) is 4.39 Å². The molecule has 1 aliphatic heterocycles. The van der Waals surface area contributed by atoms with Crippen LogP contribution in [0, 0.1) is 12.7 Å². The van der Waals surface area contributed by atoms with E-state index in [0.29, 0.717) is 5.52 Å². The molecule has 3 nitrogen and oxygen atoms in total. The molecule has 0 amide bonds. The molecule has 0 N–H and O–H groups in total. The number of unbranched alkanes of at least 4 members (excludes halogenated alkanes) is 3. The molecule has 0 bridgehead atoms. The summed E-state index contributed by atoms with van der Waals surface area (Å²) >= 11 is -2.80. The zero-order valence-electron chi connectivity index (χ0n) is 19.6. The number of aromatic nitrogens is 2. The van der Waals surface area contributed by atoms with Crippen molar-refractivity contribution < 1.29 is 9.13 Å². The average Bonchev–Trinajstić information content (AvgIpc) is 3.14. The fraction of sp³-hybridized carbons (Fsp3) is 0.720. The predicted octanol–water partition coefficient (Wildman–Crippen LogP) is 7.24. The van der Waals surface area contributed by atoms with E-state index < -0.39 is 18.4 Å². The average molecular weight is 523 g/mol. The first-order valence-electron chi connectivity index (χ1n) is 12.4. The first kappa shape index (κ1) is 24.0. The van der Waals surface area contributed by atoms with E-state index in [0.717, 1.165) is 36.8 Å². The van der Waals surface area contributed by atoms with Crippen LogP contribution < -0.4 is 3.71 Å². The first-order valence-corrected chi connectivity index (χ1v) is 19.8. The van der Waals surface area contributed by atoms with Gasteiger partial charge in [-0.05, 0) is 0 Å². The van der Waals surface area contributed by atoms with E-state index in [9.17, 15) is 0 Å². The van der Waals surface area contributed by atoms with Gasteiger partial charge < -0.3 is 0 Å². The maximum atomic E-state index is 15.3. The van der Waals surface area contributed by atoms with Crippen LogP contribution in [0.2, 0.25) is 13.3 Å². The number of aryl methyl sites for hydroxylation is 1. The van der Waals surface area contributed by atoms with Crippen molar-refractivity contribution in [3.63, 3.8) is 0 Å². The molecule has 1 atom stereocenters. The van der Waals surface area contributed by atoms with Gasteiger partial charge in [0.25, 0.3) is 0 Å². The van der Waals surface area contributed by atoms with Gasteiger partial charge in [-0.25, -0.2) is 0 Å². The number of ether oxygens (including phenoxy) is 1. The number of nitrogens with zero attached hydrogens (tertiary/aromatic N) is 2. The second-order valence-corrected chi connectivity index (χ2v) is 22.3. The zero-order chi connectivity index (χ0) is 21.6. The van der Waals surface area contributed by atoms with Gasteiger partial charge in [0.2, 0.25) is 0 Å². The Morgan fingerprint density at radius 2 is 1.67 bits per heavy atom. The summed E-state index contributed by atoms with van der Waals surface area (Å²) in [7, 11) is 0. The maximum absolute atomic E-state index is 15.3. The fourth-order valence-corrected chi connectivity index (χ4v) is 21.2. The standard InChI is InChI=1S/C13H14FN2O.3C4H9.Sn/c1-9-6-10-8-15-16(13(10)11(14)7-9)12-4-2-3-5-17-12;3*1-3-4-2;/h6-7,12H,2-5H2,1H3;3*1,3-4H2,2H3;. The van der Waals surface area contributed by atoms with Gasteiger partial charge in [0.15, 0.2) is 0 Å². The minimum absolute atomic E-state index is 0.111. The molecule has 0 saturated carbocycles. The van der Waals surface area contributed by atoms with Crippen molar-refractivity contribution in [2.24, 2.45) is 0 Å². The molecule has 1 aromatic carbocycles. The summed E-state index contributed by atoms with van der Waals surface area (Å²) in [6.07, 6.45) is 10.6. The molecule has 0 spiro atoms. The molecule has 2 aromatic rings. The Morgan fingerprint density at radius 3 is 2.20 bits per heavy atom. The predicted molar refractivity (Wildman–Crippen MR) is 128 cm³/mol. The Hall–Kier alpha value is -0.621. The molecule has 1 saturated heterocycles. The molecule has 5 heteroatoms. The molecule has 1 aliphatic rings. The van der Waals surface area contributed by atoms with Crippen molar-refractivity contribution in [1.29, 1.82) is 0 Å². The number of fused-ring (bicyclic) bond motifs is 1. The Balaban J connectivity index is 2.20. The topological polar surface area (TPSA) is 27.1 Å².